The van der Waals surface area contributed by atoms with Crippen LogP contribution < -0.4 is 9.80 Å². The van der Waals surface area contributed by atoms with E-state index in [2.05, 4.69) is 266 Å². The van der Waals surface area contributed by atoms with Crippen LogP contribution in [0.5, 0.6) is 0 Å². The molecule has 2 heterocycles. The van der Waals surface area contributed by atoms with Crippen LogP contribution in [0.3, 0.4) is 0 Å². The van der Waals surface area contributed by atoms with Gasteiger partial charge in [0.05, 0.1) is 16.8 Å². The lowest BCUT2D eigenvalue weighted by Crippen LogP contribution is -2.29. The Kier molecular flexibility index (Phi) is 9.58. The zero-order valence-corrected chi connectivity index (χ0v) is 41.5. The fourth-order valence-electron chi connectivity index (χ4n) is 12.5. The summed E-state index contributed by atoms with van der Waals surface area (Å²) in [5.41, 5.74) is 18.9. The Hall–Kier alpha value is -9.64. The number of anilines is 6. The molecule has 12 aromatic carbocycles. The fourth-order valence-corrected chi connectivity index (χ4v) is 12.5. The third kappa shape index (κ3) is 6.49. The van der Waals surface area contributed by atoms with Crippen molar-refractivity contribution in [2.45, 2.75) is 19.3 Å². The molecule has 0 bridgehead atoms. The molecule has 0 spiro atoms. The second kappa shape index (κ2) is 16.7. The van der Waals surface area contributed by atoms with Crippen LogP contribution in [0.2, 0.25) is 0 Å². The van der Waals surface area contributed by atoms with Gasteiger partial charge in [0.25, 0.3) is 0 Å². The molecule has 2 aromatic heterocycles. The highest BCUT2D eigenvalue weighted by atomic mass is 16.3. The maximum atomic E-state index is 6.72. The van der Waals surface area contributed by atoms with Gasteiger partial charge in [-0.1, -0.05) is 193 Å². The molecule has 1 aliphatic carbocycles. The Morgan fingerprint density at radius 1 is 0.307 bits per heavy atom. The largest absolute Gasteiger partial charge is 0.454 e. The lowest BCUT2D eigenvalue weighted by molar-refractivity contribution is 0.668. The molecule has 0 saturated heterocycles. The summed E-state index contributed by atoms with van der Waals surface area (Å²) in [6.07, 6.45) is 0. The van der Waals surface area contributed by atoms with E-state index in [-0.39, 0.29) is 0 Å². The highest BCUT2D eigenvalue weighted by Crippen LogP contribution is 2.60. The molecule has 14 aromatic rings. The summed E-state index contributed by atoms with van der Waals surface area (Å²) >= 11 is 0. The highest BCUT2D eigenvalue weighted by Gasteiger charge is 2.48. The number of aryl methyl sites for hydroxylation is 2. The van der Waals surface area contributed by atoms with Crippen LogP contribution in [0.15, 0.2) is 264 Å². The summed E-state index contributed by atoms with van der Waals surface area (Å²) in [6.45, 7) is 4.28. The predicted octanol–water partition coefficient (Wildman–Crippen LogP) is 19.7. The van der Waals surface area contributed by atoms with Gasteiger partial charge in [0.15, 0.2) is 11.2 Å². The zero-order chi connectivity index (χ0) is 49.8. The van der Waals surface area contributed by atoms with E-state index in [1.165, 1.54) is 55.3 Å². The molecule has 0 atom stereocenters. The van der Waals surface area contributed by atoms with Gasteiger partial charge < -0.3 is 18.6 Å². The third-order valence-corrected chi connectivity index (χ3v) is 15.8. The molecular weight excluding hydrogens is 913 g/mol. The van der Waals surface area contributed by atoms with Crippen molar-refractivity contribution >= 4 is 99.5 Å². The van der Waals surface area contributed by atoms with Gasteiger partial charge in [0, 0.05) is 44.3 Å². The molecule has 1 aliphatic rings. The molecule has 0 amide bonds. The van der Waals surface area contributed by atoms with E-state index >= 15 is 0 Å². The van der Waals surface area contributed by atoms with Crippen LogP contribution in [-0.2, 0) is 5.41 Å². The number of hydrogen-bond donors (Lipinski definition) is 0. The van der Waals surface area contributed by atoms with E-state index in [4.69, 9.17) is 8.83 Å². The Bertz CT molecular complexity index is 4260. The first-order valence-corrected chi connectivity index (χ1v) is 25.8. The summed E-state index contributed by atoms with van der Waals surface area (Å²) in [5.74, 6) is 0. The number of furan rings is 2. The van der Waals surface area contributed by atoms with Crippen molar-refractivity contribution < 1.29 is 8.83 Å². The average molecular weight is 961 g/mol. The van der Waals surface area contributed by atoms with Crippen LogP contribution in [0.25, 0.3) is 76.5 Å². The topological polar surface area (TPSA) is 32.8 Å². The molecule has 0 saturated carbocycles. The number of fused-ring (bicyclic) bond motifs is 13. The van der Waals surface area contributed by atoms with Gasteiger partial charge in [-0.2, -0.15) is 0 Å². The predicted molar refractivity (Wildman–Crippen MR) is 312 cm³/mol. The quantitative estimate of drug-likeness (QED) is 0.152. The van der Waals surface area contributed by atoms with E-state index in [0.717, 1.165) is 88.8 Å². The lowest BCUT2D eigenvalue weighted by atomic mass is 9.66. The Balaban J connectivity index is 0.959. The molecule has 15 rings (SSSR count). The second-order valence-corrected chi connectivity index (χ2v) is 20.1. The minimum atomic E-state index is -0.678. The monoisotopic (exact) mass is 960 g/mol. The van der Waals surface area contributed by atoms with Gasteiger partial charge in [0.1, 0.15) is 11.2 Å². The first-order chi connectivity index (χ1) is 37.0. The standard InChI is InChI=1S/C71H48N2O2/c1-45-27-33-51(34-28-45)72(63-23-13-21-61-57-19-9-11-25-65(57)74-69(61)63)53-37-41-55-47(43-53)31-39-59-60-40-32-48-44-54(38-42-56(48)68(60)71(67(55)59,49-15-5-3-6-16-49)50-17-7-4-8-18-50)73(52-35-29-46(2)30-36-52)64-24-14-22-62-58-20-10-12-26-66(58)75-70(62)64/h3-44H,1-2H3. The summed E-state index contributed by atoms with van der Waals surface area (Å²) in [4.78, 5) is 4.71. The lowest BCUT2D eigenvalue weighted by Gasteiger charge is -2.35. The van der Waals surface area contributed by atoms with Crippen molar-refractivity contribution in [3.8, 4) is 11.1 Å². The maximum Gasteiger partial charge on any atom is 0.159 e. The fraction of sp³-hybridized carbons (Fsp3) is 0.0423. The summed E-state index contributed by atoms with van der Waals surface area (Å²) in [5, 5.41) is 9.14. The summed E-state index contributed by atoms with van der Waals surface area (Å²) in [6, 6.07) is 93.1. The van der Waals surface area contributed by atoms with Crippen LogP contribution in [-0.4, -0.2) is 0 Å². The number of benzene rings is 12. The Morgan fingerprint density at radius 3 is 1.13 bits per heavy atom. The van der Waals surface area contributed by atoms with Gasteiger partial charge in [0.2, 0.25) is 0 Å². The van der Waals surface area contributed by atoms with Crippen LogP contribution in [0.4, 0.5) is 34.1 Å². The minimum absolute atomic E-state index is 0.678. The first kappa shape index (κ1) is 43.0. The smallest absolute Gasteiger partial charge is 0.159 e. The Morgan fingerprint density at radius 2 is 0.693 bits per heavy atom. The summed E-state index contributed by atoms with van der Waals surface area (Å²) < 4.78 is 13.4. The van der Waals surface area contributed by atoms with Crippen molar-refractivity contribution in [2.75, 3.05) is 9.80 Å². The SMILES string of the molecule is Cc1ccc(N(c2ccc3c4c(ccc3c2)-c2ccc3cc(N(c5ccc(C)cc5)c5cccc6c5oc5ccccc56)ccc3c2C4(c2ccccc2)c2ccccc2)c2cccc3c2oc2ccccc23)cc1. The molecule has 0 fully saturated rings. The normalized spacial score (nSPS) is 12.8. The van der Waals surface area contributed by atoms with E-state index < -0.39 is 5.41 Å². The molecule has 0 unspecified atom stereocenters. The van der Waals surface area contributed by atoms with Crippen LogP contribution in [0, 0.1) is 13.8 Å². The zero-order valence-electron chi connectivity index (χ0n) is 41.5. The van der Waals surface area contributed by atoms with E-state index in [0.29, 0.717) is 0 Å². The van der Waals surface area contributed by atoms with Crippen LogP contribution >= 0.6 is 0 Å². The van der Waals surface area contributed by atoms with Gasteiger partial charge in [-0.05, 0) is 142 Å². The van der Waals surface area contributed by atoms with Crippen molar-refractivity contribution in [3.63, 3.8) is 0 Å². The Labute approximate surface area is 434 Å². The maximum absolute atomic E-state index is 6.72. The van der Waals surface area contributed by atoms with E-state index in [9.17, 15) is 0 Å². The third-order valence-electron chi connectivity index (χ3n) is 15.8. The molecular formula is C71H48N2O2. The first-order valence-electron chi connectivity index (χ1n) is 25.8. The van der Waals surface area contributed by atoms with E-state index in [1.807, 2.05) is 12.1 Å². The minimum Gasteiger partial charge on any atom is -0.454 e. The van der Waals surface area contributed by atoms with Crippen LogP contribution in [0.1, 0.15) is 33.4 Å². The number of hydrogen-bond acceptors (Lipinski definition) is 4. The summed E-state index contributed by atoms with van der Waals surface area (Å²) in [7, 11) is 0. The van der Waals surface area contributed by atoms with Gasteiger partial charge >= 0.3 is 0 Å². The van der Waals surface area contributed by atoms with Gasteiger partial charge in [-0.3, -0.25) is 0 Å². The molecule has 4 heteroatoms. The molecule has 0 radical (unpaired) electrons. The second-order valence-electron chi connectivity index (χ2n) is 20.1. The van der Waals surface area contributed by atoms with Gasteiger partial charge in [-0.25, -0.2) is 0 Å². The average Bonchev–Trinajstić information content (AvgIpc) is 4.15. The number of nitrogens with zero attached hydrogens (tertiary/aromatic N) is 2. The molecule has 0 aliphatic heterocycles. The molecule has 75 heavy (non-hydrogen) atoms. The molecule has 354 valence electrons. The molecule has 4 nitrogen and oxygen atoms in total. The van der Waals surface area contributed by atoms with Crippen molar-refractivity contribution in [2.24, 2.45) is 0 Å². The van der Waals surface area contributed by atoms with Crippen molar-refractivity contribution in [1.29, 1.82) is 0 Å². The highest BCUT2D eigenvalue weighted by molar-refractivity contribution is 6.13. The van der Waals surface area contributed by atoms with Crippen molar-refractivity contribution in [1.82, 2.24) is 0 Å². The number of rotatable bonds is 8. The van der Waals surface area contributed by atoms with Crippen molar-refractivity contribution in [3.05, 3.63) is 288 Å². The molecule has 0 N–H and O–H groups in total. The van der Waals surface area contributed by atoms with Gasteiger partial charge in [-0.15, -0.1) is 0 Å². The number of para-hydroxylation sites is 4. The van der Waals surface area contributed by atoms with E-state index in [1.54, 1.807) is 0 Å².